The van der Waals surface area contributed by atoms with Crippen molar-refractivity contribution in [2.45, 2.75) is 45.1 Å². The summed E-state index contributed by atoms with van der Waals surface area (Å²) in [5, 5.41) is 3.25. The monoisotopic (exact) mass is 297 g/mol. The smallest absolute Gasteiger partial charge is 0.163 e. The summed E-state index contributed by atoms with van der Waals surface area (Å²) in [5.41, 5.74) is 0.356. The van der Waals surface area contributed by atoms with Crippen molar-refractivity contribution >= 4 is 0 Å². The number of rotatable bonds is 8. The lowest BCUT2D eigenvalue weighted by Gasteiger charge is -2.21. The summed E-state index contributed by atoms with van der Waals surface area (Å²) < 4.78 is 33.1. The molecular formula is C17H25F2NO. The van der Waals surface area contributed by atoms with Crippen LogP contribution in [0, 0.1) is 17.6 Å². The minimum absolute atomic E-state index is 0.290. The SMILES string of the molecule is CCCNC(COCC1CCCC1)c1cccc(F)c1F. The summed E-state index contributed by atoms with van der Waals surface area (Å²) in [6, 6.07) is 4.03. The van der Waals surface area contributed by atoms with Crippen LogP contribution in [0.5, 0.6) is 0 Å². The fourth-order valence-corrected chi connectivity index (χ4v) is 2.90. The van der Waals surface area contributed by atoms with Gasteiger partial charge in [-0.3, -0.25) is 0 Å². The van der Waals surface area contributed by atoms with Gasteiger partial charge >= 0.3 is 0 Å². The molecule has 21 heavy (non-hydrogen) atoms. The van der Waals surface area contributed by atoms with Gasteiger partial charge in [0.15, 0.2) is 11.6 Å². The molecule has 1 aromatic carbocycles. The Morgan fingerprint density at radius 1 is 1.29 bits per heavy atom. The van der Waals surface area contributed by atoms with Gasteiger partial charge in [-0.15, -0.1) is 0 Å². The predicted octanol–water partition coefficient (Wildman–Crippen LogP) is 4.21. The molecule has 1 N–H and O–H groups in total. The average Bonchev–Trinajstić information content (AvgIpc) is 2.99. The summed E-state index contributed by atoms with van der Waals surface area (Å²) in [7, 11) is 0. The summed E-state index contributed by atoms with van der Waals surface area (Å²) in [6.07, 6.45) is 5.95. The van der Waals surface area contributed by atoms with E-state index in [1.807, 2.05) is 6.92 Å². The highest BCUT2D eigenvalue weighted by molar-refractivity contribution is 5.22. The number of halogens is 2. The lowest BCUT2D eigenvalue weighted by atomic mass is 10.1. The van der Waals surface area contributed by atoms with E-state index in [-0.39, 0.29) is 6.04 Å². The van der Waals surface area contributed by atoms with E-state index in [1.165, 1.54) is 25.7 Å². The van der Waals surface area contributed by atoms with E-state index in [4.69, 9.17) is 4.74 Å². The zero-order valence-electron chi connectivity index (χ0n) is 12.7. The number of nitrogens with one attached hydrogen (secondary N) is 1. The topological polar surface area (TPSA) is 21.3 Å². The van der Waals surface area contributed by atoms with Crippen molar-refractivity contribution in [1.82, 2.24) is 5.32 Å². The molecule has 1 fully saturated rings. The second-order valence-electron chi connectivity index (χ2n) is 5.84. The van der Waals surface area contributed by atoms with Crippen LogP contribution in [0.3, 0.4) is 0 Å². The number of ether oxygens (including phenoxy) is 1. The number of hydrogen-bond donors (Lipinski definition) is 1. The predicted molar refractivity (Wildman–Crippen MR) is 80.2 cm³/mol. The third kappa shape index (κ3) is 4.75. The third-order valence-electron chi connectivity index (χ3n) is 4.11. The van der Waals surface area contributed by atoms with Gasteiger partial charge in [0.2, 0.25) is 0 Å². The Balaban J connectivity index is 1.94. The van der Waals surface area contributed by atoms with E-state index in [2.05, 4.69) is 5.32 Å². The molecular weight excluding hydrogens is 272 g/mol. The minimum Gasteiger partial charge on any atom is -0.379 e. The molecule has 1 aromatic rings. The van der Waals surface area contributed by atoms with Crippen LogP contribution in [-0.2, 0) is 4.74 Å². The lowest BCUT2D eigenvalue weighted by Crippen LogP contribution is -2.28. The van der Waals surface area contributed by atoms with E-state index in [0.29, 0.717) is 18.1 Å². The molecule has 4 heteroatoms. The van der Waals surface area contributed by atoms with Crippen LogP contribution in [0.2, 0.25) is 0 Å². The van der Waals surface area contributed by atoms with Gasteiger partial charge in [0, 0.05) is 12.2 Å². The van der Waals surface area contributed by atoms with Crippen LogP contribution in [0.25, 0.3) is 0 Å². The zero-order valence-corrected chi connectivity index (χ0v) is 12.7. The van der Waals surface area contributed by atoms with Crippen LogP contribution in [0.4, 0.5) is 8.78 Å². The number of hydrogen-bond acceptors (Lipinski definition) is 2. The fraction of sp³-hybridized carbons (Fsp3) is 0.647. The molecule has 1 aliphatic rings. The Morgan fingerprint density at radius 3 is 2.76 bits per heavy atom. The average molecular weight is 297 g/mol. The standard InChI is InChI=1S/C17H25F2NO/c1-2-10-20-16(12-21-11-13-6-3-4-7-13)14-8-5-9-15(18)17(14)19/h5,8-9,13,16,20H,2-4,6-7,10-12H2,1H3. The molecule has 0 bridgehead atoms. The Kier molecular flexibility index (Phi) is 6.58. The summed E-state index contributed by atoms with van der Waals surface area (Å²) in [4.78, 5) is 0. The second kappa shape index (κ2) is 8.44. The first-order valence-corrected chi connectivity index (χ1v) is 7.97. The van der Waals surface area contributed by atoms with E-state index in [9.17, 15) is 8.78 Å². The number of benzene rings is 1. The molecule has 0 radical (unpaired) electrons. The molecule has 2 rings (SSSR count). The Hall–Kier alpha value is -1.00. The molecule has 0 spiro atoms. The van der Waals surface area contributed by atoms with Crippen molar-refractivity contribution in [3.05, 3.63) is 35.4 Å². The van der Waals surface area contributed by atoms with Gasteiger partial charge < -0.3 is 10.1 Å². The Bertz CT molecular complexity index is 433. The maximum absolute atomic E-state index is 13.9. The molecule has 1 saturated carbocycles. The molecule has 1 aliphatic carbocycles. The molecule has 0 heterocycles. The van der Waals surface area contributed by atoms with E-state index in [1.54, 1.807) is 12.1 Å². The van der Waals surface area contributed by atoms with Crippen molar-refractivity contribution in [3.63, 3.8) is 0 Å². The first kappa shape index (κ1) is 16.4. The summed E-state index contributed by atoms with van der Waals surface area (Å²) >= 11 is 0. The molecule has 1 unspecified atom stereocenters. The molecule has 0 aliphatic heterocycles. The summed E-state index contributed by atoms with van der Waals surface area (Å²) in [6.45, 7) is 3.91. The second-order valence-corrected chi connectivity index (χ2v) is 5.84. The Morgan fingerprint density at radius 2 is 2.05 bits per heavy atom. The fourth-order valence-electron chi connectivity index (χ4n) is 2.90. The molecule has 118 valence electrons. The van der Waals surface area contributed by atoms with Gasteiger partial charge in [0.1, 0.15) is 0 Å². The van der Waals surface area contributed by atoms with Crippen molar-refractivity contribution in [3.8, 4) is 0 Å². The van der Waals surface area contributed by atoms with Crippen molar-refractivity contribution in [2.24, 2.45) is 5.92 Å². The highest BCUT2D eigenvalue weighted by atomic mass is 19.2. The van der Waals surface area contributed by atoms with Gasteiger partial charge in [-0.05, 0) is 37.8 Å². The lowest BCUT2D eigenvalue weighted by molar-refractivity contribution is 0.0819. The summed E-state index contributed by atoms with van der Waals surface area (Å²) in [5.74, 6) is -0.934. The normalized spacial score (nSPS) is 17.3. The van der Waals surface area contributed by atoms with Gasteiger partial charge in [0.25, 0.3) is 0 Å². The minimum atomic E-state index is -0.799. The van der Waals surface area contributed by atoms with E-state index >= 15 is 0 Å². The van der Waals surface area contributed by atoms with E-state index in [0.717, 1.165) is 25.6 Å². The molecule has 0 aromatic heterocycles. The van der Waals surface area contributed by atoms with Gasteiger partial charge in [-0.1, -0.05) is 31.9 Å². The maximum Gasteiger partial charge on any atom is 0.163 e. The first-order chi connectivity index (χ1) is 10.2. The highest BCUT2D eigenvalue weighted by Gasteiger charge is 2.20. The van der Waals surface area contributed by atoms with Crippen LogP contribution >= 0.6 is 0 Å². The largest absolute Gasteiger partial charge is 0.379 e. The third-order valence-corrected chi connectivity index (χ3v) is 4.11. The van der Waals surface area contributed by atoms with Gasteiger partial charge in [-0.25, -0.2) is 8.78 Å². The van der Waals surface area contributed by atoms with Crippen LogP contribution < -0.4 is 5.32 Å². The van der Waals surface area contributed by atoms with Crippen molar-refractivity contribution in [1.29, 1.82) is 0 Å². The van der Waals surface area contributed by atoms with Gasteiger partial charge in [-0.2, -0.15) is 0 Å². The maximum atomic E-state index is 13.9. The van der Waals surface area contributed by atoms with Crippen molar-refractivity contribution in [2.75, 3.05) is 19.8 Å². The first-order valence-electron chi connectivity index (χ1n) is 7.97. The van der Waals surface area contributed by atoms with Crippen LogP contribution in [-0.4, -0.2) is 19.8 Å². The highest BCUT2D eigenvalue weighted by Crippen LogP contribution is 2.25. The van der Waals surface area contributed by atoms with Gasteiger partial charge in [0.05, 0.1) is 12.6 Å². The van der Waals surface area contributed by atoms with Crippen LogP contribution in [0.1, 0.15) is 50.6 Å². The van der Waals surface area contributed by atoms with Crippen LogP contribution in [0.15, 0.2) is 18.2 Å². The molecule has 1 atom stereocenters. The van der Waals surface area contributed by atoms with E-state index < -0.39 is 11.6 Å². The Labute approximate surface area is 125 Å². The zero-order chi connectivity index (χ0) is 15.1. The van der Waals surface area contributed by atoms with Crippen molar-refractivity contribution < 1.29 is 13.5 Å². The quantitative estimate of drug-likeness (QED) is 0.776. The molecule has 0 amide bonds. The molecule has 2 nitrogen and oxygen atoms in total. The molecule has 0 saturated heterocycles.